The molecule has 0 radical (unpaired) electrons. The summed E-state index contributed by atoms with van der Waals surface area (Å²) < 4.78 is 15.9. The van der Waals surface area contributed by atoms with E-state index in [1.54, 1.807) is 12.1 Å². The van der Waals surface area contributed by atoms with Crippen LogP contribution in [0.4, 0.5) is 11.8 Å². The maximum Gasteiger partial charge on any atom is 0.251 e. The molecule has 0 spiro atoms. The normalized spacial score (nSPS) is 13.1. The number of nitrogens with zero attached hydrogens (tertiary/aromatic N) is 3. The van der Waals surface area contributed by atoms with E-state index in [2.05, 4.69) is 25.5 Å². The Labute approximate surface area is 176 Å². The van der Waals surface area contributed by atoms with Crippen molar-refractivity contribution < 1.29 is 19.0 Å². The van der Waals surface area contributed by atoms with E-state index in [9.17, 15) is 4.79 Å². The van der Waals surface area contributed by atoms with Crippen molar-refractivity contribution in [3.8, 4) is 17.2 Å². The first-order valence-corrected chi connectivity index (χ1v) is 9.98. The largest absolute Gasteiger partial charge is 0.493 e. The second kappa shape index (κ2) is 10.00. The molecular formula is C21H29N5O4. The fourth-order valence-electron chi connectivity index (χ4n) is 3.40. The number of methoxy groups -OCH3 is 3. The summed E-state index contributed by atoms with van der Waals surface area (Å²) >= 11 is 0. The zero-order valence-corrected chi connectivity index (χ0v) is 17.9. The third kappa shape index (κ3) is 5.03. The average Bonchev–Trinajstić information content (AvgIpc) is 3.30. The second-order valence-electron chi connectivity index (χ2n) is 6.98. The number of hydrogen-bond acceptors (Lipinski definition) is 8. The van der Waals surface area contributed by atoms with Gasteiger partial charge in [0, 0.05) is 43.5 Å². The van der Waals surface area contributed by atoms with Crippen LogP contribution in [-0.2, 0) is 0 Å². The van der Waals surface area contributed by atoms with Gasteiger partial charge in [0.2, 0.25) is 11.7 Å². The van der Waals surface area contributed by atoms with Gasteiger partial charge in [-0.2, -0.15) is 4.98 Å². The standard InChI is InChI=1S/C21H29N5O4/c1-14-11-18(26-9-5-6-10-26)25-21(24-14)23-8-7-22-20(27)15-12-16(28-2)19(30-4)17(13-15)29-3/h11-13H,5-10H2,1-4H3,(H,22,27)(H,23,24,25). The summed E-state index contributed by atoms with van der Waals surface area (Å²) in [5, 5.41) is 6.06. The molecule has 30 heavy (non-hydrogen) atoms. The van der Waals surface area contributed by atoms with Gasteiger partial charge < -0.3 is 29.7 Å². The summed E-state index contributed by atoms with van der Waals surface area (Å²) in [6.45, 7) is 4.92. The minimum Gasteiger partial charge on any atom is -0.493 e. The van der Waals surface area contributed by atoms with Crippen molar-refractivity contribution in [1.29, 1.82) is 0 Å². The monoisotopic (exact) mass is 415 g/mol. The van der Waals surface area contributed by atoms with Crippen LogP contribution in [0.5, 0.6) is 17.2 Å². The first-order valence-electron chi connectivity index (χ1n) is 9.98. The minimum absolute atomic E-state index is 0.237. The topological polar surface area (TPSA) is 97.8 Å². The number of hydrogen-bond donors (Lipinski definition) is 2. The number of aromatic nitrogens is 2. The van der Waals surface area contributed by atoms with E-state index in [0.29, 0.717) is 41.8 Å². The van der Waals surface area contributed by atoms with Gasteiger partial charge in [-0.05, 0) is 31.9 Å². The van der Waals surface area contributed by atoms with Crippen molar-refractivity contribution in [1.82, 2.24) is 15.3 Å². The number of anilines is 2. The number of benzene rings is 1. The molecular weight excluding hydrogens is 386 g/mol. The van der Waals surface area contributed by atoms with Gasteiger partial charge in [0.1, 0.15) is 5.82 Å². The van der Waals surface area contributed by atoms with Gasteiger partial charge in [0.05, 0.1) is 21.3 Å². The van der Waals surface area contributed by atoms with Crippen molar-refractivity contribution in [3.05, 3.63) is 29.5 Å². The molecule has 1 amide bonds. The van der Waals surface area contributed by atoms with Gasteiger partial charge in [0.15, 0.2) is 11.5 Å². The van der Waals surface area contributed by atoms with Crippen molar-refractivity contribution in [2.75, 3.05) is 57.7 Å². The maximum absolute atomic E-state index is 12.5. The number of rotatable bonds is 9. The first-order chi connectivity index (χ1) is 14.5. The van der Waals surface area contributed by atoms with Gasteiger partial charge in [-0.25, -0.2) is 4.98 Å². The lowest BCUT2D eigenvalue weighted by molar-refractivity contribution is 0.0954. The summed E-state index contributed by atoms with van der Waals surface area (Å²) in [7, 11) is 4.55. The number of amides is 1. The Kier molecular flexibility index (Phi) is 7.16. The van der Waals surface area contributed by atoms with E-state index in [4.69, 9.17) is 14.2 Å². The molecule has 0 bridgehead atoms. The summed E-state index contributed by atoms with van der Waals surface area (Å²) in [5.74, 6) is 2.59. The molecule has 0 aliphatic carbocycles. The molecule has 1 saturated heterocycles. The minimum atomic E-state index is -0.237. The zero-order valence-electron chi connectivity index (χ0n) is 17.9. The van der Waals surface area contributed by atoms with Crippen LogP contribution < -0.4 is 29.7 Å². The highest BCUT2D eigenvalue weighted by Gasteiger charge is 2.17. The fourth-order valence-corrected chi connectivity index (χ4v) is 3.40. The smallest absolute Gasteiger partial charge is 0.251 e. The molecule has 1 aliphatic rings. The van der Waals surface area contributed by atoms with Crippen LogP contribution in [0.3, 0.4) is 0 Å². The Balaban J connectivity index is 1.57. The number of aryl methyl sites for hydroxylation is 1. The molecule has 0 saturated carbocycles. The van der Waals surface area contributed by atoms with Crippen LogP contribution in [0, 0.1) is 6.92 Å². The van der Waals surface area contributed by atoms with Crippen molar-refractivity contribution in [3.63, 3.8) is 0 Å². The number of carbonyl (C=O) groups excluding carboxylic acids is 1. The molecule has 9 nitrogen and oxygen atoms in total. The Morgan fingerprint density at radius 3 is 2.27 bits per heavy atom. The second-order valence-corrected chi connectivity index (χ2v) is 6.98. The van der Waals surface area contributed by atoms with Crippen molar-refractivity contribution in [2.45, 2.75) is 19.8 Å². The summed E-state index contributed by atoms with van der Waals surface area (Å²) in [4.78, 5) is 23.9. The Hall–Kier alpha value is -3.23. The molecule has 1 aromatic carbocycles. The molecule has 1 aliphatic heterocycles. The highest BCUT2D eigenvalue weighted by molar-refractivity contribution is 5.95. The summed E-state index contributed by atoms with van der Waals surface area (Å²) in [6, 6.07) is 5.24. The van der Waals surface area contributed by atoms with E-state index in [1.165, 1.54) is 34.2 Å². The van der Waals surface area contributed by atoms with E-state index >= 15 is 0 Å². The highest BCUT2D eigenvalue weighted by atomic mass is 16.5. The van der Waals surface area contributed by atoms with E-state index in [-0.39, 0.29) is 5.91 Å². The van der Waals surface area contributed by atoms with Crippen LogP contribution in [-0.4, -0.2) is 63.4 Å². The van der Waals surface area contributed by atoms with Gasteiger partial charge >= 0.3 is 0 Å². The SMILES string of the molecule is COc1cc(C(=O)NCCNc2nc(C)cc(N3CCCC3)n2)cc(OC)c1OC. The lowest BCUT2D eigenvalue weighted by Gasteiger charge is -2.17. The molecule has 1 fully saturated rings. The Bertz CT molecular complexity index is 859. The number of nitrogens with one attached hydrogen (secondary N) is 2. The highest BCUT2D eigenvalue weighted by Crippen LogP contribution is 2.38. The van der Waals surface area contributed by atoms with Gasteiger partial charge in [0.25, 0.3) is 5.91 Å². The number of carbonyl (C=O) groups is 1. The molecule has 162 valence electrons. The maximum atomic E-state index is 12.5. The van der Waals surface area contributed by atoms with E-state index < -0.39 is 0 Å². The number of ether oxygens (including phenoxy) is 3. The van der Waals surface area contributed by atoms with Crippen molar-refractivity contribution >= 4 is 17.7 Å². The fraction of sp³-hybridized carbons (Fsp3) is 0.476. The van der Waals surface area contributed by atoms with Crippen LogP contribution in [0.25, 0.3) is 0 Å². The van der Waals surface area contributed by atoms with E-state index in [1.807, 2.05) is 13.0 Å². The molecule has 0 atom stereocenters. The quantitative estimate of drug-likeness (QED) is 0.602. The molecule has 3 rings (SSSR count). The molecule has 0 unspecified atom stereocenters. The Morgan fingerprint density at radius 1 is 1.00 bits per heavy atom. The van der Waals surface area contributed by atoms with Crippen molar-refractivity contribution in [2.24, 2.45) is 0 Å². The third-order valence-corrected chi connectivity index (χ3v) is 4.89. The molecule has 2 aromatic rings. The van der Waals surface area contributed by atoms with Gasteiger partial charge in [-0.3, -0.25) is 4.79 Å². The lowest BCUT2D eigenvalue weighted by Crippen LogP contribution is -2.29. The Morgan fingerprint density at radius 2 is 1.67 bits per heavy atom. The third-order valence-electron chi connectivity index (χ3n) is 4.89. The summed E-state index contributed by atoms with van der Waals surface area (Å²) in [6.07, 6.45) is 2.39. The summed E-state index contributed by atoms with van der Waals surface area (Å²) in [5.41, 5.74) is 1.34. The van der Waals surface area contributed by atoms with E-state index in [0.717, 1.165) is 24.6 Å². The predicted octanol–water partition coefficient (Wildman–Crippen LogP) is 2.25. The van der Waals surface area contributed by atoms with Crippen LogP contribution in [0.2, 0.25) is 0 Å². The van der Waals surface area contributed by atoms with Crippen LogP contribution in [0.15, 0.2) is 18.2 Å². The van der Waals surface area contributed by atoms with Crippen LogP contribution >= 0.6 is 0 Å². The molecule has 9 heteroatoms. The molecule has 2 heterocycles. The average molecular weight is 415 g/mol. The first kappa shape index (κ1) is 21.5. The van der Waals surface area contributed by atoms with Gasteiger partial charge in [-0.15, -0.1) is 0 Å². The molecule has 2 N–H and O–H groups in total. The lowest BCUT2D eigenvalue weighted by atomic mass is 10.1. The van der Waals surface area contributed by atoms with Gasteiger partial charge in [-0.1, -0.05) is 0 Å². The zero-order chi connectivity index (χ0) is 21.5. The van der Waals surface area contributed by atoms with Crippen LogP contribution in [0.1, 0.15) is 28.9 Å². The predicted molar refractivity (Wildman–Crippen MR) is 115 cm³/mol. The molecule has 1 aromatic heterocycles.